The van der Waals surface area contributed by atoms with Gasteiger partial charge in [0.2, 0.25) is 0 Å². The van der Waals surface area contributed by atoms with E-state index in [0.29, 0.717) is 18.6 Å². The van der Waals surface area contributed by atoms with E-state index < -0.39 is 11.9 Å². The van der Waals surface area contributed by atoms with Crippen molar-refractivity contribution in [1.29, 1.82) is 0 Å². The molecule has 2 rings (SSSR count). The third-order valence-electron chi connectivity index (χ3n) is 3.63. The van der Waals surface area contributed by atoms with Gasteiger partial charge in [0.15, 0.2) is 0 Å². The van der Waals surface area contributed by atoms with Gasteiger partial charge >= 0.3 is 5.69 Å². The number of aromatic nitrogens is 2. The van der Waals surface area contributed by atoms with Crippen LogP contribution < -0.4 is 17.2 Å². The first-order valence-electron chi connectivity index (χ1n) is 7.56. The summed E-state index contributed by atoms with van der Waals surface area (Å²) in [5, 5.41) is 0. The number of nitrogen functional groups attached to an aromatic ring is 1. The zero-order valence-electron chi connectivity index (χ0n) is 13.2. The molecular weight excluding hydrogens is 296 g/mol. The number of anilines is 1. The molecule has 0 amide bonds. The Morgan fingerprint density at radius 1 is 1.65 bits per heavy atom. The van der Waals surface area contributed by atoms with E-state index in [1.807, 2.05) is 6.92 Å². The lowest BCUT2D eigenvalue weighted by atomic mass is 10.1. The molecule has 1 aromatic heterocycles. The van der Waals surface area contributed by atoms with Crippen molar-refractivity contribution in [3.05, 3.63) is 34.9 Å². The molecule has 3 unspecified atom stereocenters. The fourth-order valence-corrected chi connectivity index (χ4v) is 2.53. The molecule has 2 heterocycles. The number of hydrogen-bond donors (Lipinski definition) is 2. The highest BCUT2D eigenvalue weighted by Gasteiger charge is 2.36. The zero-order chi connectivity index (χ0) is 16.8. The van der Waals surface area contributed by atoms with Crippen molar-refractivity contribution < 1.29 is 9.47 Å². The predicted octanol–water partition coefficient (Wildman–Crippen LogP) is 0.404. The van der Waals surface area contributed by atoms with Crippen LogP contribution in [0.5, 0.6) is 0 Å². The van der Waals surface area contributed by atoms with Crippen molar-refractivity contribution in [2.24, 2.45) is 5.73 Å². The maximum absolute atomic E-state index is 12.1. The second-order valence-electron chi connectivity index (χ2n) is 5.17. The highest BCUT2D eigenvalue weighted by Crippen LogP contribution is 2.31. The van der Waals surface area contributed by atoms with Crippen LogP contribution in [0.4, 0.5) is 5.82 Å². The molecule has 1 fully saturated rings. The maximum Gasteiger partial charge on any atom is 0.351 e. The van der Waals surface area contributed by atoms with E-state index in [1.165, 1.54) is 4.57 Å². The van der Waals surface area contributed by atoms with Gasteiger partial charge in [0.1, 0.15) is 12.0 Å². The van der Waals surface area contributed by atoms with Crippen molar-refractivity contribution in [2.75, 3.05) is 18.9 Å². The lowest BCUT2D eigenvalue weighted by molar-refractivity contribution is -0.0356. The molecular formula is C16H22N4O3. The summed E-state index contributed by atoms with van der Waals surface area (Å²) in [6, 6.07) is 0. The van der Waals surface area contributed by atoms with Gasteiger partial charge in [0, 0.05) is 12.6 Å². The van der Waals surface area contributed by atoms with E-state index in [4.69, 9.17) is 20.9 Å². The number of nitrogens with two attached hydrogens (primary N) is 2. The van der Waals surface area contributed by atoms with Gasteiger partial charge in [-0.15, -0.1) is 6.58 Å². The monoisotopic (exact) mass is 318 g/mol. The molecule has 23 heavy (non-hydrogen) atoms. The molecule has 1 aliphatic heterocycles. The van der Waals surface area contributed by atoms with Gasteiger partial charge in [0.05, 0.1) is 30.9 Å². The van der Waals surface area contributed by atoms with Gasteiger partial charge < -0.3 is 20.9 Å². The van der Waals surface area contributed by atoms with Gasteiger partial charge in [-0.05, 0) is 6.42 Å². The third-order valence-corrected chi connectivity index (χ3v) is 3.63. The molecule has 7 heteroatoms. The molecule has 0 aliphatic carbocycles. The van der Waals surface area contributed by atoms with Crippen molar-refractivity contribution in [2.45, 2.75) is 38.2 Å². The molecule has 0 saturated carbocycles. The van der Waals surface area contributed by atoms with Gasteiger partial charge in [-0.25, -0.2) is 4.79 Å². The van der Waals surface area contributed by atoms with Crippen LogP contribution in [0, 0.1) is 11.8 Å². The summed E-state index contributed by atoms with van der Waals surface area (Å²) >= 11 is 0. The van der Waals surface area contributed by atoms with Crippen LogP contribution in [0.3, 0.4) is 0 Å². The molecule has 0 bridgehead atoms. The van der Waals surface area contributed by atoms with E-state index in [2.05, 4.69) is 23.4 Å². The van der Waals surface area contributed by atoms with E-state index in [9.17, 15) is 4.79 Å². The highest BCUT2D eigenvalue weighted by molar-refractivity contribution is 5.49. The van der Waals surface area contributed by atoms with Crippen molar-refractivity contribution in [1.82, 2.24) is 9.55 Å². The smallest absolute Gasteiger partial charge is 0.351 e. The van der Waals surface area contributed by atoms with E-state index in [1.54, 1.807) is 12.3 Å². The van der Waals surface area contributed by atoms with Crippen LogP contribution in [-0.4, -0.2) is 34.9 Å². The first-order chi connectivity index (χ1) is 11.1. The van der Waals surface area contributed by atoms with Crippen LogP contribution in [0.1, 0.15) is 31.6 Å². The summed E-state index contributed by atoms with van der Waals surface area (Å²) in [4.78, 5) is 15.9. The topological polar surface area (TPSA) is 105 Å². The number of ether oxygens (including phenoxy) is 2. The summed E-state index contributed by atoms with van der Waals surface area (Å²) in [5.74, 6) is 5.61. The molecule has 124 valence electrons. The normalized spacial score (nSPS) is 23.3. The Kier molecular flexibility index (Phi) is 5.93. The highest BCUT2D eigenvalue weighted by atomic mass is 16.6. The number of rotatable bonds is 5. The van der Waals surface area contributed by atoms with Gasteiger partial charge in [-0.3, -0.25) is 4.57 Å². The second kappa shape index (κ2) is 7.92. The minimum atomic E-state index is -0.468. The number of nitrogens with zero attached hydrogens (tertiary/aromatic N) is 2. The Hall–Kier alpha value is -2.14. The third kappa shape index (κ3) is 3.99. The van der Waals surface area contributed by atoms with Crippen LogP contribution in [0.15, 0.2) is 23.6 Å². The molecule has 1 aliphatic rings. The molecule has 0 radical (unpaired) electrons. The van der Waals surface area contributed by atoms with Gasteiger partial charge in [0.25, 0.3) is 0 Å². The quantitative estimate of drug-likeness (QED) is 0.601. The average molecular weight is 318 g/mol. The summed E-state index contributed by atoms with van der Waals surface area (Å²) in [7, 11) is 0. The Labute approximate surface area is 135 Å². The van der Waals surface area contributed by atoms with Crippen LogP contribution in [-0.2, 0) is 9.47 Å². The first-order valence-corrected chi connectivity index (χ1v) is 7.56. The Morgan fingerprint density at radius 3 is 3.09 bits per heavy atom. The number of hydrogen-bond acceptors (Lipinski definition) is 6. The second-order valence-corrected chi connectivity index (χ2v) is 5.17. The standard InChI is InChI=1S/C16H22N4O3/c1-3-8-22-13-9-14(23-12(13)4-2)20-10-11(6-5-7-17)15(18)19-16(20)21/h3,10,12-14H,1,4,7-9,17H2,2H3,(H2,18,19,21). The van der Waals surface area contributed by atoms with Crippen LogP contribution in [0.2, 0.25) is 0 Å². The lowest BCUT2D eigenvalue weighted by Crippen LogP contribution is -2.28. The Morgan fingerprint density at radius 2 is 2.43 bits per heavy atom. The van der Waals surface area contributed by atoms with E-state index in [-0.39, 0.29) is 24.6 Å². The first kappa shape index (κ1) is 17.2. The summed E-state index contributed by atoms with van der Waals surface area (Å²) in [6.45, 7) is 6.30. The summed E-state index contributed by atoms with van der Waals surface area (Å²) in [5.41, 5.74) is 11.1. The minimum absolute atomic E-state index is 0.0806. The average Bonchev–Trinajstić information content (AvgIpc) is 2.95. The molecule has 7 nitrogen and oxygen atoms in total. The van der Waals surface area contributed by atoms with Gasteiger partial charge in [-0.1, -0.05) is 24.8 Å². The molecule has 1 aromatic rings. The van der Waals surface area contributed by atoms with Crippen molar-refractivity contribution >= 4 is 5.82 Å². The van der Waals surface area contributed by atoms with E-state index in [0.717, 1.165) is 6.42 Å². The Bertz CT molecular complexity index is 674. The fourth-order valence-electron chi connectivity index (χ4n) is 2.53. The van der Waals surface area contributed by atoms with Crippen LogP contribution in [0.25, 0.3) is 0 Å². The molecule has 0 spiro atoms. The van der Waals surface area contributed by atoms with Crippen LogP contribution >= 0.6 is 0 Å². The molecule has 3 atom stereocenters. The minimum Gasteiger partial charge on any atom is -0.382 e. The maximum atomic E-state index is 12.1. The van der Waals surface area contributed by atoms with Crippen molar-refractivity contribution in [3.8, 4) is 11.8 Å². The van der Waals surface area contributed by atoms with E-state index >= 15 is 0 Å². The lowest BCUT2D eigenvalue weighted by Gasteiger charge is -2.16. The summed E-state index contributed by atoms with van der Waals surface area (Å²) in [6.07, 6.45) is 3.98. The summed E-state index contributed by atoms with van der Waals surface area (Å²) < 4.78 is 13.1. The van der Waals surface area contributed by atoms with Gasteiger partial charge in [-0.2, -0.15) is 4.98 Å². The largest absolute Gasteiger partial charge is 0.382 e. The molecule has 4 N–H and O–H groups in total. The molecule has 0 aromatic carbocycles. The molecule has 1 saturated heterocycles. The Balaban J connectivity index is 2.27. The fraction of sp³-hybridized carbons (Fsp3) is 0.500. The predicted molar refractivity (Wildman–Crippen MR) is 87.6 cm³/mol. The van der Waals surface area contributed by atoms with Crippen molar-refractivity contribution in [3.63, 3.8) is 0 Å². The zero-order valence-corrected chi connectivity index (χ0v) is 13.2. The SMILES string of the molecule is C=CCOC1CC(n2cc(C#CCN)c(N)nc2=O)OC1CC.